The zero-order valence-electron chi connectivity index (χ0n) is 14.8. The molecule has 23 heavy (non-hydrogen) atoms. The van der Waals surface area contributed by atoms with Crippen LogP contribution in [0, 0.1) is 6.92 Å². The van der Waals surface area contributed by atoms with Gasteiger partial charge in [-0.05, 0) is 58.2 Å². The van der Waals surface area contributed by atoms with Crippen LogP contribution in [0.1, 0.15) is 39.2 Å². The summed E-state index contributed by atoms with van der Waals surface area (Å²) in [7, 11) is 1.70. The van der Waals surface area contributed by atoms with E-state index < -0.39 is 5.60 Å². The molecule has 128 valence electrons. The minimum Gasteiger partial charge on any atom is -0.495 e. The molecule has 1 aliphatic rings. The zero-order chi connectivity index (χ0) is 17.0. The van der Waals surface area contributed by atoms with Crippen molar-refractivity contribution in [2.75, 3.05) is 25.1 Å². The highest BCUT2D eigenvalue weighted by molar-refractivity contribution is 5.68. The Morgan fingerprint density at radius 3 is 2.48 bits per heavy atom. The van der Waals surface area contributed by atoms with Crippen molar-refractivity contribution in [1.82, 2.24) is 5.32 Å². The number of methoxy groups -OCH3 is 1. The molecule has 5 heteroatoms. The number of hydrogen-bond donors (Lipinski definition) is 1. The lowest BCUT2D eigenvalue weighted by Crippen LogP contribution is -2.46. The van der Waals surface area contributed by atoms with Gasteiger partial charge in [0.2, 0.25) is 0 Å². The molecular weight excluding hydrogens is 292 g/mol. The zero-order valence-corrected chi connectivity index (χ0v) is 14.8. The summed E-state index contributed by atoms with van der Waals surface area (Å²) >= 11 is 0. The lowest BCUT2D eigenvalue weighted by molar-refractivity contribution is 0.0497. The van der Waals surface area contributed by atoms with E-state index in [0.717, 1.165) is 37.4 Å². The van der Waals surface area contributed by atoms with Crippen LogP contribution in [0.4, 0.5) is 10.5 Å². The maximum Gasteiger partial charge on any atom is 0.407 e. The van der Waals surface area contributed by atoms with Crippen LogP contribution in [0.25, 0.3) is 0 Å². The van der Waals surface area contributed by atoms with E-state index in [-0.39, 0.29) is 12.1 Å². The SMILES string of the molecule is COc1ccc(C)cc1N1CCC(NC(=O)OC(C)(C)C)CC1. The Labute approximate surface area is 139 Å². The molecule has 1 saturated heterocycles. The predicted octanol–water partition coefficient (Wildman–Crippen LogP) is 3.50. The van der Waals surface area contributed by atoms with Gasteiger partial charge < -0.3 is 19.7 Å². The Hall–Kier alpha value is -1.91. The molecule has 1 heterocycles. The van der Waals surface area contributed by atoms with Gasteiger partial charge in [-0.25, -0.2) is 4.79 Å². The topological polar surface area (TPSA) is 50.8 Å². The molecule has 1 N–H and O–H groups in total. The standard InChI is InChI=1S/C18H28N2O3/c1-13-6-7-16(22-5)15(12-13)20-10-8-14(9-11-20)19-17(21)23-18(2,3)4/h6-7,12,14H,8-11H2,1-5H3,(H,19,21). The van der Waals surface area contributed by atoms with Crippen LogP contribution in [-0.4, -0.2) is 37.9 Å². The van der Waals surface area contributed by atoms with E-state index in [4.69, 9.17) is 9.47 Å². The van der Waals surface area contributed by atoms with Gasteiger partial charge in [-0.1, -0.05) is 6.07 Å². The molecule has 0 saturated carbocycles. The second kappa shape index (κ2) is 7.11. The highest BCUT2D eigenvalue weighted by atomic mass is 16.6. The first-order chi connectivity index (χ1) is 10.8. The van der Waals surface area contributed by atoms with E-state index in [9.17, 15) is 4.79 Å². The number of benzene rings is 1. The summed E-state index contributed by atoms with van der Waals surface area (Å²) in [6, 6.07) is 6.38. The number of ether oxygens (including phenoxy) is 2. The Kier molecular flexibility index (Phi) is 5.39. The number of piperidine rings is 1. The number of amides is 1. The summed E-state index contributed by atoms with van der Waals surface area (Å²) in [5, 5.41) is 2.97. The summed E-state index contributed by atoms with van der Waals surface area (Å²) in [4.78, 5) is 14.2. The minimum absolute atomic E-state index is 0.164. The molecule has 1 aromatic carbocycles. The quantitative estimate of drug-likeness (QED) is 0.926. The first kappa shape index (κ1) is 17.4. The third kappa shape index (κ3) is 5.05. The molecule has 1 fully saturated rings. The van der Waals surface area contributed by atoms with Crippen LogP contribution in [0.2, 0.25) is 0 Å². The molecule has 0 atom stereocenters. The lowest BCUT2D eigenvalue weighted by atomic mass is 10.0. The summed E-state index contributed by atoms with van der Waals surface area (Å²) in [5.41, 5.74) is 1.89. The number of hydrogen-bond acceptors (Lipinski definition) is 4. The number of aryl methyl sites for hydroxylation is 1. The first-order valence-corrected chi connectivity index (χ1v) is 8.17. The molecule has 0 aliphatic carbocycles. The van der Waals surface area contributed by atoms with Crippen molar-refractivity contribution in [2.45, 2.75) is 52.2 Å². The molecule has 0 radical (unpaired) electrons. The second-order valence-corrected chi connectivity index (χ2v) is 7.08. The van der Waals surface area contributed by atoms with Crippen LogP contribution < -0.4 is 15.0 Å². The summed E-state index contributed by atoms with van der Waals surface area (Å²) in [6.45, 7) is 9.48. The van der Waals surface area contributed by atoms with Crippen molar-refractivity contribution >= 4 is 11.8 Å². The summed E-state index contributed by atoms with van der Waals surface area (Å²) < 4.78 is 10.8. The number of anilines is 1. The predicted molar refractivity (Wildman–Crippen MR) is 92.3 cm³/mol. The van der Waals surface area contributed by atoms with E-state index in [1.807, 2.05) is 26.8 Å². The molecule has 1 aromatic rings. The molecule has 1 aliphatic heterocycles. The van der Waals surface area contributed by atoms with Crippen molar-refractivity contribution in [1.29, 1.82) is 0 Å². The highest BCUT2D eigenvalue weighted by Crippen LogP contribution is 2.31. The molecule has 0 spiro atoms. The van der Waals surface area contributed by atoms with Gasteiger partial charge in [0, 0.05) is 19.1 Å². The van der Waals surface area contributed by atoms with Crippen molar-refractivity contribution in [3.63, 3.8) is 0 Å². The Balaban J connectivity index is 1.91. The Morgan fingerprint density at radius 1 is 1.26 bits per heavy atom. The van der Waals surface area contributed by atoms with E-state index in [0.29, 0.717) is 0 Å². The van der Waals surface area contributed by atoms with Crippen molar-refractivity contribution in [3.8, 4) is 5.75 Å². The molecule has 2 rings (SSSR count). The molecule has 0 unspecified atom stereocenters. The molecular formula is C18H28N2O3. The van der Waals surface area contributed by atoms with Crippen LogP contribution in [0.3, 0.4) is 0 Å². The largest absolute Gasteiger partial charge is 0.495 e. The van der Waals surface area contributed by atoms with Crippen molar-refractivity contribution in [2.24, 2.45) is 0 Å². The monoisotopic (exact) mass is 320 g/mol. The summed E-state index contributed by atoms with van der Waals surface area (Å²) in [5.74, 6) is 0.897. The van der Waals surface area contributed by atoms with Crippen LogP contribution in [0.5, 0.6) is 5.75 Å². The van der Waals surface area contributed by atoms with Gasteiger partial charge in [-0.15, -0.1) is 0 Å². The number of nitrogens with zero attached hydrogens (tertiary/aromatic N) is 1. The third-order valence-electron chi connectivity index (χ3n) is 3.89. The van der Waals surface area contributed by atoms with Crippen LogP contribution in [0.15, 0.2) is 18.2 Å². The molecule has 0 aromatic heterocycles. The van der Waals surface area contributed by atoms with E-state index in [1.54, 1.807) is 7.11 Å². The Morgan fingerprint density at radius 2 is 1.91 bits per heavy atom. The van der Waals surface area contributed by atoms with Gasteiger partial charge >= 0.3 is 6.09 Å². The first-order valence-electron chi connectivity index (χ1n) is 8.17. The van der Waals surface area contributed by atoms with Gasteiger partial charge in [0.05, 0.1) is 12.8 Å². The van der Waals surface area contributed by atoms with Crippen molar-refractivity contribution < 1.29 is 14.3 Å². The van der Waals surface area contributed by atoms with E-state index >= 15 is 0 Å². The second-order valence-electron chi connectivity index (χ2n) is 7.08. The van der Waals surface area contributed by atoms with E-state index in [1.165, 1.54) is 5.56 Å². The number of nitrogens with one attached hydrogen (secondary N) is 1. The van der Waals surface area contributed by atoms with Gasteiger partial charge in [-0.2, -0.15) is 0 Å². The molecule has 5 nitrogen and oxygen atoms in total. The minimum atomic E-state index is -0.459. The van der Waals surface area contributed by atoms with Gasteiger partial charge in [0.25, 0.3) is 0 Å². The average Bonchev–Trinajstić information content (AvgIpc) is 2.46. The fourth-order valence-corrected chi connectivity index (χ4v) is 2.79. The fraction of sp³-hybridized carbons (Fsp3) is 0.611. The fourth-order valence-electron chi connectivity index (χ4n) is 2.79. The molecule has 1 amide bonds. The van der Waals surface area contributed by atoms with Crippen LogP contribution in [-0.2, 0) is 4.74 Å². The number of alkyl carbamates (subject to hydrolysis) is 1. The third-order valence-corrected chi connectivity index (χ3v) is 3.89. The summed E-state index contributed by atoms with van der Waals surface area (Å²) in [6.07, 6.45) is 1.47. The van der Waals surface area contributed by atoms with Crippen molar-refractivity contribution in [3.05, 3.63) is 23.8 Å². The normalized spacial score (nSPS) is 16.1. The number of carbonyl (C=O) groups is 1. The van der Waals surface area contributed by atoms with E-state index in [2.05, 4.69) is 29.3 Å². The van der Waals surface area contributed by atoms with Gasteiger partial charge in [-0.3, -0.25) is 0 Å². The maximum absolute atomic E-state index is 11.9. The molecule has 0 bridgehead atoms. The van der Waals surface area contributed by atoms with Gasteiger partial charge in [0.15, 0.2) is 0 Å². The number of carbonyl (C=O) groups excluding carboxylic acids is 1. The maximum atomic E-state index is 11.9. The lowest BCUT2D eigenvalue weighted by Gasteiger charge is -2.35. The van der Waals surface area contributed by atoms with Gasteiger partial charge in [0.1, 0.15) is 11.4 Å². The van der Waals surface area contributed by atoms with Crippen LogP contribution >= 0.6 is 0 Å². The smallest absolute Gasteiger partial charge is 0.407 e. The highest BCUT2D eigenvalue weighted by Gasteiger charge is 2.24. The Bertz CT molecular complexity index is 544. The average molecular weight is 320 g/mol. The number of rotatable bonds is 3.